The van der Waals surface area contributed by atoms with Crippen molar-refractivity contribution in [1.82, 2.24) is 4.90 Å². The van der Waals surface area contributed by atoms with E-state index in [-0.39, 0.29) is 24.0 Å². The van der Waals surface area contributed by atoms with Crippen LogP contribution in [0.15, 0.2) is 18.2 Å². The summed E-state index contributed by atoms with van der Waals surface area (Å²) >= 11 is 0. The molecule has 2 N–H and O–H groups in total. The predicted octanol–water partition coefficient (Wildman–Crippen LogP) is 1.53. The summed E-state index contributed by atoms with van der Waals surface area (Å²) < 4.78 is 12.9. The number of hydrogen-bond acceptors (Lipinski definition) is 2. The van der Waals surface area contributed by atoms with Crippen LogP contribution in [0.4, 0.5) is 10.1 Å². The second kappa shape index (κ2) is 4.81. The zero-order valence-corrected chi connectivity index (χ0v) is 8.77. The van der Waals surface area contributed by atoms with Crippen molar-refractivity contribution >= 4 is 24.0 Å². The molecule has 0 unspecified atom stereocenters. The van der Waals surface area contributed by atoms with Crippen LogP contribution in [0.25, 0.3) is 0 Å². The quantitative estimate of drug-likeness (QED) is 0.727. The standard InChI is InChI=1S/C9H11FN2O.ClH/c1-12(2)9(13)6-3-4-8(11)7(10)5-6;/h3-5H,11H2,1-2H3;1H. The molecule has 0 heterocycles. The van der Waals surface area contributed by atoms with Crippen molar-refractivity contribution < 1.29 is 9.18 Å². The third kappa shape index (κ3) is 2.60. The largest absolute Gasteiger partial charge is 0.396 e. The minimum Gasteiger partial charge on any atom is -0.396 e. The highest BCUT2D eigenvalue weighted by Gasteiger charge is 2.09. The van der Waals surface area contributed by atoms with Crippen molar-refractivity contribution in [2.45, 2.75) is 0 Å². The van der Waals surface area contributed by atoms with Crippen molar-refractivity contribution in [1.29, 1.82) is 0 Å². The van der Waals surface area contributed by atoms with Crippen molar-refractivity contribution in [3.63, 3.8) is 0 Å². The molecule has 1 aromatic rings. The smallest absolute Gasteiger partial charge is 0.253 e. The Kier molecular flexibility index (Phi) is 4.37. The van der Waals surface area contributed by atoms with E-state index in [9.17, 15) is 9.18 Å². The van der Waals surface area contributed by atoms with E-state index in [4.69, 9.17) is 5.73 Å². The summed E-state index contributed by atoms with van der Waals surface area (Å²) in [7, 11) is 3.22. The van der Waals surface area contributed by atoms with Gasteiger partial charge in [-0.25, -0.2) is 4.39 Å². The first-order chi connectivity index (χ1) is 6.02. The minimum absolute atomic E-state index is 0. The molecule has 0 atom stereocenters. The predicted molar refractivity (Wildman–Crippen MR) is 56.1 cm³/mol. The van der Waals surface area contributed by atoms with E-state index < -0.39 is 5.82 Å². The molecule has 0 aromatic heterocycles. The number of nitrogens with two attached hydrogens (primary N) is 1. The lowest BCUT2D eigenvalue weighted by Crippen LogP contribution is -2.21. The Balaban J connectivity index is 0.00000169. The van der Waals surface area contributed by atoms with Gasteiger partial charge in [-0.3, -0.25) is 4.79 Å². The second-order valence-corrected chi connectivity index (χ2v) is 2.94. The fourth-order valence-electron chi connectivity index (χ4n) is 0.918. The van der Waals surface area contributed by atoms with Gasteiger partial charge in [0.25, 0.3) is 5.91 Å². The van der Waals surface area contributed by atoms with Crippen molar-refractivity contribution in [2.75, 3.05) is 19.8 Å². The zero-order chi connectivity index (χ0) is 10.0. The van der Waals surface area contributed by atoms with E-state index in [1.54, 1.807) is 14.1 Å². The van der Waals surface area contributed by atoms with E-state index >= 15 is 0 Å². The Labute approximate surface area is 88.1 Å². The van der Waals surface area contributed by atoms with E-state index in [0.717, 1.165) is 6.07 Å². The fourth-order valence-corrected chi connectivity index (χ4v) is 0.918. The molecular weight excluding hydrogens is 207 g/mol. The molecule has 0 bridgehead atoms. The van der Waals surface area contributed by atoms with Crippen LogP contribution in [-0.2, 0) is 0 Å². The topological polar surface area (TPSA) is 46.3 Å². The van der Waals surface area contributed by atoms with Crippen molar-refractivity contribution in [3.8, 4) is 0 Å². The van der Waals surface area contributed by atoms with Crippen LogP contribution in [-0.4, -0.2) is 24.9 Å². The Morgan fingerprint density at radius 1 is 1.43 bits per heavy atom. The average molecular weight is 219 g/mol. The second-order valence-electron chi connectivity index (χ2n) is 2.94. The number of amides is 1. The van der Waals surface area contributed by atoms with Gasteiger partial charge in [0.2, 0.25) is 0 Å². The van der Waals surface area contributed by atoms with Crippen molar-refractivity contribution in [2.24, 2.45) is 0 Å². The van der Waals surface area contributed by atoms with E-state index in [1.807, 2.05) is 0 Å². The van der Waals surface area contributed by atoms with E-state index in [0.29, 0.717) is 5.56 Å². The number of nitrogen functional groups attached to an aromatic ring is 1. The molecule has 0 aliphatic rings. The molecule has 0 radical (unpaired) electrons. The van der Waals surface area contributed by atoms with E-state index in [2.05, 4.69) is 0 Å². The van der Waals surface area contributed by atoms with Crippen LogP contribution in [0.3, 0.4) is 0 Å². The molecule has 0 aliphatic heterocycles. The number of carbonyl (C=O) groups excluding carboxylic acids is 1. The van der Waals surface area contributed by atoms with Crippen LogP contribution in [0, 0.1) is 5.82 Å². The first-order valence-corrected chi connectivity index (χ1v) is 3.79. The molecule has 0 spiro atoms. The van der Waals surface area contributed by atoms with Gasteiger partial charge in [-0.15, -0.1) is 12.4 Å². The molecule has 5 heteroatoms. The highest BCUT2D eigenvalue weighted by atomic mass is 35.5. The molecule has 78 valence electrons. The summed E-state index contributed by atoms with van der Waals surface area (Å²) in [5, 5.41) is 0. The molecule has 0 saturated heterocycles. The maximum Gasteiger partial charge on any atom is 0.253 e. The van der Waals surface area contributed by atoms with Crippen LogP contribution >= 0.6 is 12.4 Å². The van der Waals surface area contributed by atoms with Crippen LogP contribution in [0.2, 0.25) is 0 Å². The Morgan fingerprint density at radius 3 is 2.43 bits per heavy atom. The van der Waals surface area contributed by atoms with Gasteiger partial charge < -0.3 is 10.6 Å². The molecule has 1 aromatic carbocycles. The number of halogens is 2. The Bertz CT molecular complexity index is 342. The molecule has 0 saturated carbocycles. The number of rotatable bonds is 1. The van der Waals surface area contributed by atoms with Crippen molar-refractivity contribution in [3.05, 3.63) is 29.6 Å². The van der Waals surface area contributed by atoms with Gasteiger partial charge in [0.15, 0.2) is 0 Å². The zero-order valence-electron chi connectivity index (χ0n) is 7.95. The fraction of sp³-hybridized carbons (Fsp3) is 0.222. The van der Waals surface area contributed by atoms with Gasteiger partial charge in [-0.05, 0) is 18.2 Å². The third-order valence-corrected chi connectivity index (χ3v) is 1.65. The van der Waals surface area contributed by atoms with Gasteiger partial charge in [0.1, 0.15) is 5.82 Å². The molecule has 0 aliphatic carbocycles. The summed E-state index contributed by atoms with van der Waals surface area (Å²) in [5.41, 5.74) is 5.62. The van der Waals surface area contributed by atoms with Gasteiger partial charge >= 0.3 is 0 Å². The van der Waals surface area contributed by atoms with Gasteiger partial charge in [0.05, 0.1) is 5.69 Å². The molecule has 3 nitrogen and oxygen atoms in total. The number of anilines is 1. The third-order valence-electron chi connectivity index (χ3n) is 1.65. The maximum absolute atomic E-state index is 12.9. The summed E-state index contributed by atoms with van der Waals surface area (Å²) in [6.07, 6.45) is 0. The molecule has 0 fully saturated rings. The van der Waals surface area contributed by atoms with Gasteiger partial charge in [-0.2, -0.15) is 0 Å². The lowest BCUT2D eigenvalue weighted by molar-refractivity contribution is 0.0827. The molecule has 1 rings (SSSR count). The number of nitrogens with zero attached hydrogens (tertiary/aromatic N) is 1. The lowest BCUT2D eigenvalue weighted by Gasteiger charge is -2.10. The Morgan fingerprint density at radius 2 is 2.00 bits per heavy atom. The number of hydrogen-bond donors (Lipinski definition) is 1. The summed E-state index contributed by atoms with van der Waals surface area (Å²) in [4.78, 5) is 12.7. The normalized spacial score (nSPS) is 9.07. The van der Waals surface area contributed by atoms with Gasteiger partial charge in [-0.1, -0.05) is 0 Å². The molecule has 14 heavy (non-hydrogen) atoms. The summed E-state index contributed by atoms with van der Waals surface area (Å²) in [6, 6.07) is 4.02. The summed E-state index contributed by atoms with van der Waals surface area (Å²) in [5.74, 6) is -0.799. The van der Waals surface area contributed by atoms with Crippen LogP contribution in [0.1, 0.15) is 10.4 Å². The number of carbonyl (C=O) groups is 1. The highest BCUT2D eigenvalue weighted by molar-refractivity contribution is 5.94. The highest BCUT2D eigenvalue weighted by Crippen LogP contribution is 2.12. The lowest BCUT2D eigenvalue weighted by atomic mass is 10.2. The van der Waals surface area contributed by atoms with Crippen LogP contribution < -0.4 is 5.73 Å². The Hall–Kier alpha value is -1.29. The first-order valence-electron chi connectivity index (χ1n) is 3.79. The maximum atomic E-state index is 12.9. The number of benzene rings is 1. The summed E-state index contributed by atoms with van der Waals surface area (Å²) in [6.45, 7) is 0. The van der Waals surface area contributed by atoms with E-state index in [1.165, 1.54) is 17.0 Å². The minimum atomic E-state index is -0.562. The van der Waals surface area contributed by atoms with Gasteiger partial charge in [0, 0.05) is 19.7 Å². The molecular formula is C9H12ClFN2O. The molecule has 1 amide bonds. The van der Waals surface area contributed by atoms with Crippen LogP contribution in [0.5, 0.6) is 0 Å². The monoisotopic (exact) mass is 218 g/mol. The average Bonchev–Trinajstić information content (AvgIpc) is 2.08. The first kappa shape index (κ1) is 12.7. The SMILES string of the molecule is CN(C)C(=O)c1ccc(N)c(F)c1.Cl.